The molecule has 1 N–H and O–H groups in total. The molecule has 0 spiro atoms. The molecule has 4 rings (SSSR count). The van der Waals surface area contributed by atoms with E-state index in [9.17, 15) is 9.59 Å². The summed E-state index contributed by atoms with van der Waals surface area (Å²) in [5.74, 6) is 0.848. The van der Waals surface area contributed by atoms with Crippen molar-refractivity contribution in [2.24, 2.45) is 0 Å². The number of hydrogen-bond acceptors (Lipinski definition) is 4. The molecule has 1 amide bonds. The van der Waals surface area contributed by atoms with Crippen molar-refractivity contribution in [2.75, 3.05) is 0 Å². The van der Waals surface area contributed by atoms with Gasteiger partial charge in [0.25, 0.3) is 5.56 Å². The predicted molar refractivity (Wildman–Crippen MR) is 88.5 cm³/mol. The van der Waals surface area contributed by atoms with Crippen molar-refractivity contribution >= 4 is 16.7 Å². The van der Waals surface area contributed by atoms with Crippen molar-refractivity contribution < 1.29 is 4.79 Å². The Morgan fingerprint density at radius 3 is 3.12 bits per heavy atom. The molecule has 1 aliphatic rings. The number of hydrogen-bond donors (Lipinski definition) is 1. The number of amides is 1. The Bertz CT molecular complexity index is 959. The summed E-state index contributed by atoms with van der Waals surface area (Å²) >= 11 is 0. The largest absolute Gasteiger partial charge is 0.350 e. The Balaban J connectivity index is 1.47. The first-order valence-corrected chi connectivity index (χ1v) is 7.95. The van der Waals surface area contributed by atoms with Gasteiger partial charge in [-0.1, -0.05) is 18.2 Å². The van der Waals surface area contributed by atoms with E-state index in [4.69, 9.17) is 0 Å². The third kappa shape index (κ3) is 2.68. The van der Waals surface area contributed by atoms with E-state index in [0.717, 1.165) is 24.1 Å². The van der Waals surface area contributed by atoms with Crippen LogP contribution in [0.3, 0.4) is 0 Å². The van der Waals surface area contributed by atoms with Crippen LogP contribution in [0.15, 0.2) is 47.7 Å². The fourth-order valence-electron chi connectivity index (χ4n) is 3.13. The lowest BCUT2D eigenvalue weighted by Gasteiger charge is -2.24. The summed E-state index contributed by atoms with van der Waals surface area (Å²) in [5.41, 5.74) is -0.246. The molecule has 0 saturated heterocycles. The molecule has 0 radical (unpaired) electrons. The normalized spacial score (nSPS) is 16.8. The molecule has 0 bridgehead atoms. The molecule has 2 aromatic heterocycles. The van der Waals surface area contributed by atoms with Crippen molar-refractivity contribution in [3.63, 3.8) is 0 Å². The highest BCUT2D eigenvalue weighted by molar-refractivity contribution is 5.81. The smallest absolute Gasteiger partial charge is 0.275 e. The van der Waals surface area contributed by atoms with E-state index in [-0.39, 0.29) is 24.1 Å². The maximum absolute atomic E-state index is 12.4. The fourth-order valence-corrected chi connectivity index (χ4v) is 3.13. The summed E-state index contributed by atoms with van der Waals surface area (Å²) in [4.78, 5) is 29.0. The zero-order valence-corrected chi connectivity index (χ0v) is 13.1. The van der Waals surface area contributed by atoms with Gasteiger partial charge in [0.05, 0.1) is 11.6 Å². The quantitative estimate of drug-likeness (QED) is 0.770. The highest BCUT2D eigenvalue weighted by Crippen LogP contribution is 2.13. The van der Waals surface area contributed by atoms with E-state index in [0.29, 0.717) is 11.9 Å². The molecular weight excluding hydrogens is 306 g/mol. The van der Waals surface area contributed by atoms with E-state index in [2.05, 4.69) is 20.0 Å². The van der Waals surface area contributed by atoms with Gasteiger partial charge in [-0.15, -0.1) is 0 Å². The molecular formula is C17H17N5O2. The molecule has 0 aliphatic carbocycles. The van der Waals surface area contributed by atoms with Crippen LogP contribution in [-0.4, -0.2) is 31.3 Å². The molecule has 1 aromatic carbocycles. The third-order valence-electron chi connectivity index (χ3n) is 4.36. The van der Waals surface area contributed by atoms with E-state index >= 15 is 0 Å². The van der Waals surface area contributed by atoms with E-state index < -0.39 is 0 Å². The van der Waals surface area contributed by atoms with Gasteiger partial charge >= 0.3 is 0 Å². The van der Waals surface area contributed by atoms with Crippen molar-refractivity contribution in [1.29, 1.82) is 0 Å². The van der Waals surface area contributed by atoms with Crippen LogP contribution in [-0.2, 0) is 24.3 Å². The van der Waals surface area contributed by atoms with Gasteiger partial charge in [0.1, 0.15) is 12.4 Å². The van der Waals surface area contributed by atoms with E-state index in [1.807, 2.05) is 18.3 Å². The molecule has 7 heteroatoms. The van der Waals surface area contributed by atoms with E-state index in [1.54, 1.807) is 24.5 Å². The summed E-state index contributed by atoms with van der Waals surface area (Å²) in [7, 11) is 0. The maximum atomic E-state index is 12.4. The molecule has 0 unspecified atom stereocenters. The average molecular weight is 323 g/mol. The number of aryl methyl sites for hydroxylation is 1. The first kappa shape index (κ1) is 14.6. The van der Waals surface area contributed by atoms with Gasteiger partial charge in [-0.05, 0) is 12.5 Å². The topological polar surface area (TPSA) is 81.8 Å². The van der Waals surface area contributed by atoms with Gasteiger partial charge in [0.2, 0.25) is 5.91 Å². The number of carbonyl (C=O) groups excluding carboxylic acids is 1. The molecule has 1 aliphatic heterocycles. The minimum atomic E-state index is -0.246. The predicted octanol–water partition coefficient (Wildman–Crippen LogP) is 0.724. The van der Waals surface area contributed by atoms with Crippen molar-refractivity contribution in [1.82, 2.24) is 24.6 Å². The first-order chi connectivity index (χ1) is 11.7. The average Bonchev–Trinajstić information content (AvgIpc) is 3.05. The number of rotatable bonds is 3. The molecule has 3 heterocycles. The van der Waals surface area contributed by atoms with Crippen LogP contribution in [0.5, 0.6) is 0 Å². The molecule has 0 fully saturated rings. The number of aromatic nitrogens is 4. The van der Waals surface area contributed by atoms with Gasteiger partial charge in [-0.3, -0.25) is 9.59 Å². The number of nitrogens with zero attached hydrogens (tertiary/aromatic N) is 4. The Morgan fingerprint density at radius 1 is 1.33 bits per heavy atom. The highest BCUT2D eigenvalue weighted by Gasteiger charge is 2.20. The molecule has 7 nitrogen and oxygen atoms in total. The second-order valence-corrected chi connectivity index (χ2v) is 5.99. The Morgan fingerprint density at radius 2 is 2.21 bits per heavy atom. The summed E-state index contributed by atoms with van der Waals surface area (Å²) in [5, 5.41) is 8.43. The van der Waals surface area contributed by atoms with Crippen molar-refractivity contribution in [2.45, 2.75) is 32.0 Å². The maximum Gasteiger partial charge on any atom is 0.275 e. The van der Waals surface area contributed by atoms with Crippen LogP contribution >= 0.6 is 0 Å². The fraction of sp³-hybridized carbons (Fsp3) is 0.294. The Hall–Kier alpha value is -2.96. The van der Waals surface area contributed by atoms with Crippen molar-refractivity contribution in [3.05, 3.63) is 59.0 Å². The second kappa shape index (κ2) is 5.92. The Labute approximate surface area is 137 Å². The van der Waals surface area contributed by atoms with Crippen molar-refractivity contribution in [3.8, 4) is 0 Å². The summed E-state index contributed by atoms with van der Waals surface area (Å²) in [6.45, 7) is 0.637. The first-order valence-electron chi connectivity index (χ1n) is 7.95. The molecule has 3 aromatic rings. The molecule has 0 saturated carbocycles. The van der Waals surface area contributed by atoms with Crippen LogP contribution < -0.4 is 10.9 Å². The SMILES string of the molecule is O=C(Cn1ncc2ccccc2c1=O)N[C@H]1CCc2nccn2C1. The van der Waals surface area contributed by atoms with Crippen LogP contribution in [0.25, 0.3) is 10.8 Å². The van der Waals surface area contributed by atoms with Gasteiger partial charge in [-0.2, -0.15) is 5.10 Å². The standard InChI is InChI=1S/C17H17N5O2/c23-16(20-13-5-6-15-18-7-8-21(15)10-13)11-22-17(24)14-4-2-1-3-12(14)9-19-22/h1-4,7-9,13H,5-6,10-11H2,(H,20,23)/t13-/m0/s1. The number of imidazole rings is 1. The summed E-state index contributed by atoms with van der Waals surface area (Å²) in [6, 6.07) is 7.29. The number of benzene rings is 1. The zero-order chi connectivity index (χ0) is 16.5. The lowest BCUT2D eigenvalue weighted by Crippen LogP contribution is -2.43. The number of nitrogens with one attached hydrogen (secondary N) is 1. The van der Waals surface area contributed by atoms with Crippen LogP contribution in [0, 0.1) is 0 Å². The molecule has 1 atom stereocenters. The lowest BCUT2D eigenvalue weighted by molar-refractivity contribution is -0.122. The summed E-state index contributed by atoms with van der Waals surface area (Å²) < 4.78 is 3.26. The second-order valence-electron chi connectivity index (χ2n) is 5.99. The van der Waals surface area contributed by atoms with Gasteiger partial charge in [-0.25, -0.2) is 9.67 Å². The zero-order valence-electron chi connectivity index (χ0n) is 13.1. The van der Waals surface area contributed by atoms with Gasteiger partial charge in [0.15, 0.2) is 0 Å². The molecule has 24 heavy (non-hydrogen) atoms. The van der Waals surface area contributed by atoms with Crippen LogP contribution in [0.1, 0.15) is 12.2 Å². The van der Waals surface area contributed by atoms with Gasteiger partial charge < -0.3 is 9.88 Å². The summed E-state index contributed by atoms with van der Waals surface area (Å²) in [6.07, 6.45) is 7.00. The number of fused-ring (bicyclic) bond motifs is 2. The van der Waals surface area contributed by atoms with E-state index in [1.165, 1.54) is 4.68 Å². The lowest BCUT2D eigenvalue weighted by atomic mass is 10.1. The Kier molecular flexibility index (Phi) is 3.60. The highest BCUT2D eigenvalue weighted by atomic mass is 16.2. The van der Waals surface area contributed by atoms with Crippen LogP contribution in [0.4, 0.5) is 0 Å². The number of carbonyl (C=O) groups is 1. The minimum absolute atomic E-state index is 0.0513. The monoisotopic (exact) mass is 323 g/mol. The molecule has 122 valence electrons. The van der Waals surface area contributed by atoms with Crippen LogP contribution in [0.2, 0.25) is 0 Å². The van der Waals surface area contributed by atoms with Gasteiger partial charge in [0, 0.05) is 36.8 Å². The third-order valence-corrected chi connectivity index (χ3v) is 4.36. The minimum Gasteiger partial charge on any atom is -0.350 e.